The van der Waals surface area contributed by atoms with Crippen LogP contribution in [-0.2, 0) is 20.7 Å². The van der Waals surface area contributed by atoms with E-state index in [1.807, 2.05) is 32.0 Å². The Hall–Kier alpha value is -5.37. The molecule has 3 amide bonds. The van der Waals surface area contributed by atoms with Gasteiger partial charge in [-0.1, -0.05) is 18.2 Å². The number of carbonyl (C=O) groups excluding carboxylic acids is 3. The molecular weight excluding hydrogens is 698 g/mol. The predicted molar refractivity (Wildman–Crippen MR) is 193 cm³/mol. The maximum atomic E-state index is 15.5. The van der Waals surface area contributed by atoms with Gasteiger partial charge in [-0.15, -0.1) is 0 Å². The van der Waals surface area contributed by atoms with Crippen molar-refractivity contribution < 1.29 is 52.3 Å². The number of fused-ring (bicyclic) bond motifs is 5. The van der Waals surface area contributed by atoms with E-state index in [2.05, 4.69) is 0 Å². The third kappa shape index (κ3) is 4.58. The summed E-state index contributed by atoms with van der Waals surface area (Å²) >= 11 is 0. The maximum Gasteiger partial charge on any atom is 0.411 e. The highest BCUT2D eigenvalue weighted by atomic mass is 16.6. The van der Waals surface area contributed by atoms with E-state index < -0.39 is 48.7 Å². The zero-order valence-electron chi connectivity index (χ0n) is 32.1. The Bertz CT molecular complexity index is 2100. The fraction of sp³-hybridized carbons (Fsp3) is 0.475. The highest BCUT2D eigenvalue weighted by Crippen LogP contribution is 2.64. The minimum atomic E-state index is -1.01. The fourth-order valence-corrected chi connectivity index (χ4v) is 9.73. The molecule has 6 heterocycles. The SMILES string of the molecule is COc1c(C)c(OC)c(OC)c2c1C[C@H]1C(=O)N3[C@@H]([C@@H]4OC5c6ccccc6C(=O)N5C[C@H]3c3c(OC)c(OC)c(C)c(OC)c34)[C@@H]2N1C(=O)OC(C)C. The first-order chi connectivity index (χ1) is 26.0. The third-order valence-corrected chi connectivity index (χ3v) is 11.6. The summed E-state index contributed by atoms with van der Waals surface area (Å²) in [6, 6.07) is 3.76. The summed E-state index contributed by atoms with van der Waals surface area (Å²) < 4.78 is 49.6. The van der Waals surface area contributed by atoms with E-state index in [0.717, 1.165) is 5.56 Å². The van der Waals surface area contributed by atoms with Crippen molar-refractivity contribution in [3.63, 3.8) is 0 Å². The van der Waals surface area contributed by atoms with Crippen LogP contribution in [0.25, 0.3) is 0 Å². The first-order valence-corrected chi connectivity index (χ1v) is 18.0. The van der Waals surface area contributed by atoms with Crippen LogP contribution < -0.4 is 28.4 Å². The van der Waals surface area contributed by atoms with Crippen molar-refractivity contribution in [1.29, 1.82) is 0 Å². The van der Waals surface area contributed by atoms with Crippen LogP contribution in [0.4, 0.5) is 4.79 Å². The molecule has 0 spiro atoms. The van der Waals surface area contributed by atoms with Crippen LogP contribution in [0.3, 0.4) is 0 Å². The molecule has 0 radical (unpaired) electrons. The molecule has 4 bridgehead atoms. The molecule has 0 saturated carbocycles. The maximum absolute atomic E-state index is 15.5. The van der Waals surface area contributed by atoms with Crippen molar-refractivity contribution in [2.75, 3.05) is 49.2 Å². The van der Waals surface area contributed by atoms with Gasteiger partial charge in [-0.3, -0.25) is 14.5 Å². The van der Waals surface area contributed by atoms with Crippen LogP contribution in [-0.4, -0.2) is 100.0 Å². The molecule has 9 rings (SSSR count). The highest BCUT2D eigenvalue weighted by Gasteiger charge is 2.64. The van der Waals surface area contributed by atoms with E-state index in [1.165, 1.54) is 4.90 Å². The van der Waals surface area contributed by atoms with E-state index in [9.17, 15) is 9.59 Å². The molecule has 14 nitrogen and oxygen atoms in total. The second kappa shape index (κ2) is 12.9. The third-order valence-electron chi connectivity index (χ3n) is 11.6. The summed E-state index contributed by atoms with van der Waals surface area (Å²) in [6.07, 6.45) is -2.85. The lowest BCUT2D eigenvalue weighted by atomic mass is 9.71. The zero-order valence-corrected chi connectivity index (χ0v) is 32.1. The van der Waals surface area contributed by atoms with Crippen LogP contribution in [0.2, 0.25) is 0 Å². The molecule has 54 heavy (non-hydrogen) atoms. The molecule has 1 unspecified atom stereocenters. The number of piperazine rings is 1. The van der Waals surface area contributed by atoms with Crippen LogP contribution in [0.1, 0.15) is 87.6 Å². The Morgan fingerprint density at radius 1 is 0.759 bits per heavy atom. The smallest absolute Gasteiger partial charge is 0.411 e. The summed E-state index contributed by atoms with van der Waals surface area (Å²) in [4.78, 5) is 49.1. The number of nitrogens with zero attached hydrogens (tertiary/aromatic N) is 3. The summed E-state index contributed by atoms with van der Waals surface area (Å²) in [7, 11) is 9.35. The molecule has 6 atom stereocenters. The molecule has 286 valence electrons. The topological polar surface area (TPSA) is 135 Å². The van der Waals surface area contributed by atoms with Gasteiger partial charge in [-0.05, 0) is 33.8 Å². The number of hydrogen-bond donors (Lipinski definition) is 0. The van der Waals surface area contributed by atoms with Crippen molar-refractivity contribution in [3.8, 4) is 34.5 Å². The quantitative estimate of drug-likeness (QED) is 0.310. The summed E-state index contributed by atoms with van der Waals surface area (Å²) in [6.45, 7) is 7.33. The molecule has 6 aliphatic heterocycles. The summed E-state index contributed by atoms with van der Waals surface area (Å²) in [5.74, 6) is 2.15. The number of rotatable bonds is 7. The lowest BCUT2D eigenvalue weighted by molar-refractivity contribution is -0.197. The number of hydrogen-bond acceptors (Lipinski definition) is 11. The van der Waals surface area contributed by atoms with Gasteiger partial charge < -0.3 is 47.7 Å². The monoisotopic (exact) mass is 743 g/mol. The molecule has 2 saturated heterocycles. The lowest BCUT2D eigenvalue weighted by Crippen LogP contribution is -2.71. The molecule has 0 aromatic heterocycles. The number of carbonyl (C=O) groups is 3. The van der Waals surface area contributed by atoms with Gasteiger partial charge in [0.15, 0.2) is 29.2 Å². The molecule has 6 aliphatic rings. The predicted octanol–water partition coefficient (Wildman–Crippen LogP) is 5.36. The normalized spacial score (nSPS) is 24.5. The molecule has 14 heteroatoms. The summed E-state index contributed by atoms with van der Waals surface area (Å²) in [5.41, 5.74) is 5.16. The second-order valence-electron chi connectivity index (χ2n) is 14.4. The van der Waals surface area contributed by atoms with Gasteiger partial charge in [0.1, 0.15) is 23.6 Å². The van der Waals surface area contributed by atoms with Crippen LogP contribution >= 0.6 is 0 Å². The van der Waals surface area contributed by atoms with Gasteiger partial charge in [0.25, 0.3) is 5.91 Å². The van der Waals surface area contributed by atoms with Gasteiger partial charge in [0.05, 0.1) is 66.9 Å². The Morgan fingerprint density at radius 3 is 1.96 bits per heavy atom. The second-order valence-corrected chi connectivity index (χ2v) is 14.4. The average Bonchev–Trinajstić information content (AvgIpc) is 3.39. The van der Waals surface area contributed by atoms with E-state index in [1.54, 1.807) is 72.4 Å². The lowest BCUT2D eigenvalue weighted by Gasteiger charge is -2.61. The van der Waals surface area contributed by atoms with E-state index in [0.29, 0.717) is 73.4 Å². The number of benzene rings is 3. The van der Waals surface area contributed by atoms with E-state index >= 15 is 4.79 Å². The van der Waals surface area contributed by atoms with Crippen molar-refractivity contribution >= 4 is 17.9 Å². The first-order valence-electron chi connectivity index (χ1n) is 18.0. The molecule has 0 aliphatic carbocycles. The van der Waals surface area contributed by atoms with Crippen LogP contribution in [0, 0.1) is 13.8 Å². The Kier molecular flexibility index (Phi) is 8.51. The Balaban J connectivity index is 1.49. The molecule has 0 N–H and O–H groups in total. The minimum absolute atomic E-state index is 0.0479. The fourth-order valence-electron chi connectivity index (χ4n) is 9.73. The Labute approximate surface area is 313 Å². The number of ether oxygens (including phenoxy) is 8. The summed E-state index contributed by atoms with van der Waals surface area (Å²) in [5, 5.41) is 0. The van der Waals surface area contributed by atoms with Crippen molar-refractivity contribution in [2.24, 2.45) is 0 Å². The van der Waals surface area contributed by atoms with Gasteiger partial charge in [-0.25, -0.2) is 4.79 Å². The van der Waals surface area contributed by atoms with Gasteiger partial charge >= 0.3 is 6.09 Å². The number of methoxy groups -OCH3 is 6. The molecule has 3 aromatic rings. The largest absolute Gasteiger partial charge is 0.496 e. The van der Waals surface area contributed by atoms with Gasteiger partial charge in [-0.2, -0.15) is 0 Å². The van der Waals surface area contributed by atoms with Crippen molar-refractivity contribution in [2.45, 2.75) is 76.7 Å². The first kappa shape index (κ1) is 35.6. The van der Waals surface area contributed by atoms with E-state index in [-0.39, 0.29) is 24.8 Å². The van der Waals surface area contributed by atoms with Gasteiger partial charge in [0.2, 0.25) is 5.91 Å². The molecule has 3 aromatic carbocycles. The molecule has 2 fully saturated rings. The van der Waals surface area contributed by atoms with Crippen LogP contribution in [0.15, 0.2) is 24.3 Å². The number of amides is 3. The Morgan fingerprint density at radius 2 is 1.35 bits per heavy atom. The molecular formula is C40H45N3O11. The average molecular weight is 744 g/mol. The minimum Gasteiger partial charge on any atom is -0.496 e. The highest BCUT2D eigenvalue weighted by molar-refractivity contribution is 5.99. The van der Waals surface area contributed by atoms with Gasteiger partial charge in [0, 0.05) is 57.5 Å². The van der Waals surface area contributed by atoms with Crippen molar-refractivity contribution in [1.82, 2.24) is 14.7 Å². The standard InChI is InChI=1S/C40H45N3O11/c1-17(2)53-40(46)43-23-15-22-25(35(51-9)32(49-7)18(3)30(22)47-5)28(43)29-34-27-26(36(52-10)33(50-8)19(4)31(27)48-6)24(42(29)38(23)45)16-41-37(44)20-13-11-12-14-21(20)39(41)54-34/h11-14,17,23-24,28-29,34,39H,15-16H2,1-10H3/t23-,24-,28+,29+,34+,39?/m0/s1. The van der Waals surface area contributed by atoms with E-state index in [4.69, 9.17) is 37.9 Å². The van der Waals surface area contributed by atoms with Crippen molar-refractivity contribution in [3.05, 3.63) is 68.8 Å². The van der Waals surface area contributed by atoms with Crippen LogP contribution in [0.5, 0.6) is 34.5 Å². The zero-order chi connectivity index (χ0) is 38.5.